The summed E-state index contributed by atoms with van der Waals surface area (Å²) >= 11 is 0. The second-order valence-electron chi connectivity index (χ2n) is 5.38. The molecule has 1 aromatic rings. The van der Waals surface area contributed by atoms with Crippen LogP contribution in [0.2, 0.25) is 0 Å². The molecule has 0 atom stereocenters. The second kappa shape index (κ2) is 7.57. The Hall–Kier alpha value is -2.64. The highest BCUT2D eigenvalue weighted by molar-refractivity contribution is 6.36. The quantitative estimate of drug-likeness (QED) is 0.626. The van der Waals surface area contributed by atoms with Crippen molar-refractivity contribution in [3.63, 3.8) is 0 Å². The van der Waals surface area contributed by atoms with E-state index in [1.165, 1.54) is 13.3 Å². The van der Waals surface area contributed by atoms with E-state index in [0.717, 1.165) is 31.7 Å². The Labute approximate surface area is 133 Å². The fourth-order valence-corrected chi connectivity index (χ4v) is 2.52. The van der Waals surface area contributed by atoms with Gasteiger partial charge in [0.1, 0.15) is 5.82 Å². The minimum Gasteiger partial charge on any atom is -0.474 e. The summed E-state index contributed by atoms with van der Waals surface area (Å²) in [5.41, 5.74) is 0.335. The molecule has 0 saturated carbocycles. The van der Waals surface area contributed by atoms with Crippen molar-refractivity contribution in [2.45, 2.75) is 19.3 Å². The molecular weight excluding hydrogens is 302 g/mol. The number of hydrogen-bond donors (Lipinski definition) is 2. The van der Waals surface area contributed by atoms with Crippen LogP contribution in [0.5, 0.6) is 0 Å². The zero-order valence-electron chi connectivity index (χ0n) is 12.8. The molecule has 2 rings (SSSR count). The summed E-state index contributed by atoms with van der Waals surface area (Å²) in [6.07, 6.45) is 3.64. The summed E-state index contributed by atoms with van der Waals surface area (Å²) in [4.78, 5) is 39.2. The van der Waals surface area contributed by atoms with E-state index in [4.69, 9.17) is 5.11 Å². The van der Waals surface area contributed by atoms with E-state index in [2.05, 4.69) is 19.9 Å². The summed E-state index contributed by atoms with van der Waals surface area (Å²) in [5.74, 6) is -1.73. The van der Waals surface area contributed by atoms with Gasteiger partial charge in [-0.25, -0.2) is 9.78 Å². The van der Waals surface area contributed by atoms with Crippen LogP contribution in [0.1, 0.15) is 19.3 Å². The number of rotatable bonds is 4. The lowest BCUT2D eigenvalue weighted by Crippen LogP contribution is -2.35. The maximum atomic E-state index is 11.3. The average molecular weight is 321 g/mol. The van der Waals surface area contributed by atoms with E-state index < -0.39 is 11.9 Å². The number of amides is 1. The fraction of sp³-hybridized carbons (Fsp3) is 0.467. The van der Waals surface area contributed by atoms with Crippen molar-refractivity contribution in [2.24, 2.45) is 5.92 Å². The number of carboxylic acids is 1. The molecule has 0 bridgehead atoms. The highest BCUT2D eigenvalue weighted by atomic mass is 16.5. The van der Waals surface area contributed by atoms with Crippen LogP contribution in [0.3, 0.4) is 0 Å². The first kappa shape index (κ1) is 16.7. The molecule has 0 aromatic carbocycles. The molecule has 8 heteroatoms. The van der Waals surface area contributed by atoms with Crippen LogP contribution in [-0.2, 0) is 19.1 Å². The van der Waals surface area contributed by atoms with E-state index in [0.29, 0.717) is 18.0 Å². The lowest BCUT2D eigenvalue weighted by molar-refractivity contribution is -0.147. The number of piperidine rings is 1. The first-order chi connectivity index (χ1) is 11.0. The van der Waals surface area contributed by atoms with Gasteiger partial charge in [0.2, 0.25) is 0 Å². The number of carbonyl (C=O) groups excluding carboxylic acids is 2. The number of nitrogens with zero attached hydrogens (tertiary/aromatic N) is 2. The molecular formula is C15H19N3O5. The SMILES string of the molecule is COC(=O)CC1CCN(c2ccc(NC(=O)C(=O)O)cn2)CC1. The van der Waals surface area contributed by atoms with Crippen LogP contribution in [0, 0.1) is 5.92 Å². The van der Waals surface area contributed by atoms with Crippen LogP contribution in [0.25, 0.3) is 0 Å². The predicted octanol–water partition coefficient (Wildman–Crippen LogP) is 0.884. The Bertz CT molecular complexity index is 579. The number of carbonyl (C=O) groups is 3. The number of nitrogens with one attached hydrogen (secondary N) is 1. The number of aromatic nitrogens is 1. The number of pyridine rings is 1. The molecule has 1 aromatic heterocycles. The van der Waals surface area contributed by atoms with E-state index in [1.807, 2.05) is 0 Å². The third-order valence-corrected chi connectivity index (χ3v) is 3.82. The molecule has 1 fully saturated rings. The van der Waals surface area contributed by atoms with Gasteiger partial charge in [-0.15, -0.1) is 0 Å². The van der Waals surface area contributed by atoms with Crippen LogP contribution >= 0.6 is 0 Å². The molecule has 2 N–H and O–H groups in total. The van der Waals surface area contributed by atoms with Crippen molar-refractivity contribution in [3.05, 3.63) is 18.3 Å². The van der Waals surface area contributed by atoms with Crippen LogP contribution in [-0.4, -0.2) is 48.1 Å². The number of aliphatic carboxylic acids is 1. The number of anilines is 2. The zero-order chi connectivity index (χ0) is 16.8. The first-order valence-corrected chi connectivity index (χ1v) is 7.31. The standard InChI is InChI=1S/C15H19N3O5/c1-23-13(19)8-10-4-6-18(7-5-10)12-3-2-11(9-16-12)17-14(20)15(21)22/h2-3,9-10H,4-8H2,1H3,(H,17,20)(H,21,22). The number of methoxy groups -OCH3 is 1. The zero-order valence-corrected chi connectivity index (χ0v) is 12.8. The van der Waals surface area contributed by atoms with Crippen LogP contribution in [0.4, 0.5) is 11.5 Å². The third kappa shape index (κ3) is 4.67. The Balaban J connectivity index is 1.88. The van der Waals surface area contributed by atoms with Gasteiger partial charge in [-0.05, 0) is 30.9 Å². The molecule has 1 aliphatic rings. The number of esters is 1. The normalized spacial score (nSPS) is 15.1. The number of ether oxygens (including phenoxy) is 1. The van der Waals surface area contributed by atoms with Gasteiger partial charge in [0.05, 0.1) is 19.0 Å². The molecule has 23 heavy (non-hydrogen) atoms. The van der Waals surface area contributed by atoms with E-state index in [9.17, 15) is 14.4 Å². The average Bonchev–Trinajstić information content (AvgIpc) is 2.56. The number of carboxylic acid groups (broad SMARTS) is 1. The van der Waals surface area contributed by atoms with Crippen molar-refractivity contribution in [1.82, 2.24) is 4.98 Å². The highest BCUT2D eigenvalue weighted by Gasteiger charge is 2.22. The van der Waals surface area contributed by atoms with Gasteiger partial charge in [-0.2, -0.15) is 0 Å². The van der Waals surface area contributed by atoms with E-state index in [-0.39, 0.29) is 5.97 Å². The van der Waals surface area contributed by atoms with Gasteiger partial charge in [-0.1, -0.05) is 0 Å². The van der Waals surface area contributed by atoms with Gasteiger partial charge in [-0.3, -0.25) is 9.59 Å². The number of hydrogen-bond acceptors (Lipinski definition) is 6. The van der Waals surface area contributed by atoms with Crippen LogP contribution < -0.4 is 10.2 Å². The lowest BCUT2D eigenvalue weighted by Gasteiger charge is -2.32. The molecule has 0 radical (unpaired) electrons. The summed E-state index contributed by atoms with van der Waals surface area (Å²) in [6.45, 7) is 1.57. The van der Waals surface area contributed by atoms with Gasteiger partial charge in [0.25, 0.3) is 0 Å². The van der Waals surface area contributed by atoms with Crippen molar-refractivity contribution in [1.29, 1.82) is 0 Å². The van der Waals surface area contributed by atoms with Crippen molar-refractivity contribution in [2.75, 3.05) is 30.4 Å². The summed E-state index contributed by atoms with van der Waals surface area (Å²) in [5, 5.41) is 10.8. The smallest absolute Gasteiger partial charge is 0.394 e. The molecule has 0 spiro atoms. The molecule has 1 amide bonds. The summed E-state index contributed by atoms with van der Waals surface area (Å²) < 4.78 is 4.68. The van der Waals surface area contributed by atoms with Gasteiger partial charge in [0.15, 0.2) is 0 Å². The molecule has 2 heterocycles. The highest BCUT2D eigenvalue weighted by Crippen LogP contribution is 2.24. The maximum absolute atomic E-state index is 11.3. The Kier molecular flexibility index (Phi) is 5.51. The Morgan fingerprint density at radius 1 is 1.35 bits per heavy atom. The Morgan fingerprint density at radius 3 is 2.57 bits per heavy atom. The van der Waals surface area contributed by atoms with Crippen molar-refractivity contribution in [3.8, 4) is 0 Å². The second-order valence-corrected chi connectivity index (χ2v) is 5.38. The molecule has 0 unspecified atom stereocenters. The molecule has 1 aliphatic heterocycles. The monoisotopic (exact) mass is 321 g/mol. The fourth-order valence-electron chi connectivity index (χ4n) is 2.52. The summed E-state index contributed by atoms with van der Waals surface area (Å²) in [7, 11) is 1.39. The van der Waals surface area contributed by atoms with Gasteiger partial charge >= 0.3 is 17.8 Å². The maximum Gasteiger partial charge on any atom is 0.394 e. The minimum absolute atomic E-state index is 0.180. The molecule has 8 nitrogen and oxygen atoms in total. The van der Waals surface area contributed by atoms with Gasteiger partial charge < -0.3 is 20.1 Å². The Morgan fingerprint density at radius 2 is 2.04 bits per heavy atom. The van der Waals surface area contributed by atoms with Crippen molar-refractivity contribution >= 4 is 29.4 Å². The molecule has 124 valence electrons. The predicted molar refractivity (Wildman–Crippen MR) is 82.1 cm³/mol. The largest absolute Gasteiger partial charge is 0.474 e. The van der Waals surface area contributed by atoms with Crippen molar-refractivity contribution < 1.29 is 24.2 Å². The topological polar surface area (TPSA) is 109 Å². The molecule has 1 saturated heterocycles. The third-order valence-electron chi connectivity index (χ3n) is 3.82. The van der Waals surface area contributed by atoms with Crippen LogP contribution in [0.15, 0.2) is 18.3 Å². The first-order valence-electron chi connectivity index (χ1n) is 7.31. The summed E-state index contributed by atoms with van der Waals surface area (Å²) in [6, 6.07) is 3.35. The van der Waals surface area contributed by atoms with E-state index >= 15 is 0 Å². The van der Waals surface area contributed by atoms with E-state index in [1.54, 1.807) is 12.1 Å². The lowest BCUT2D eigenvalue weighted by atomic mass is 9.93. The van der Waals surface area contributed by atoms with Gasteiger partial charge in [0, 0.05) is 19.5 Å². The minimum atomic E-state index is -1.54. The molecule has 0 aliphatic carbocycles.